The molecule has 14 heavy (non-hydrogen) atoms. The van der Waals surface area contributed by atoms with Gasteiger partial charge in [0, 0.05) is 6.54 Å². The van der Waals surface area contributed by atoms with Crippen molar-refractivity contribution in [2.75, 3.05) is 13.1 Å². The summed E-state index contributed by atoms with van der Waals surface area (Å²) in [5, 5.41) is 5.77. The molecule has 0 saturated heterocycles. The molecule has 0 aromatic carbocycles. The largest absolute Gasteiger partial charge is 0.355 e. The molecule has 0 fully saturated rings. The highest BCUT2D eigenvalue weighted by Crippen LogP contribution is 1.96. The lowest BCUT2D eigenvalue weighted by Gasteiger charge is -2.12. The molecule has 1 amide bonds. The van der Waals surface area contributed by atoms with Crippen LogP contribution in [0.15, 0.2) is 0 Å². The Hall–Kier alpha value is -1.01. The Kier molecular flexibility index (Phi) is 6.87. The third-order valence-electron chi connectivity index (χ3n) is 1.92. The predicted octanol–water partition coefficient (Wildman–Crippen LogP) is 0.760. The number of hydrogen-bond acceptors (Lipinski definition) is 2. The third kappa shape index (κ3) is 6.50. The number of rotatable bonds is 6. The van der Waals surface area contributed by atoms with Crippen molar-refractivity contribution in [3.05, 3.63) is 0 Å². The molecule has 1 atom stereocenters. The Morgan fingerprint density at radius 1 is 1.43 bits per heavy atom. The molecule has 3 nitrogen and oxygen atoms in total. The molecule has 0 aromatic rings. The van der Waals surface area contributed by atoms with Gasteiger partial charge >= 0.3 is 0 Å². The summed E-state index contributed by atoms with van der Waals surface area (Å²) in [5.74, 6) is 3.07. The number of carbonyl (C=O) groups is 1. The van der Waals surface area contributed by atoms with E-state index in [0.717, 1.165) is 13.0 Å². The highest BCUT2D eigenvalue weighted by Gasteiger charge is 2.10. The molecule has 80 valence electrons. The highest BCUT2D eigenvalue weighted by atomic mass is 16.2. The lowest BCUT2D eigenvalue weighted by Crippen LogP contribution is -2.42. The number of nitrogens with one attached hydrogen (secondary N) is 2. The van der Waals surface area contributed by atoms with Crippen LogP contribution in [0.3, 0.4) is 0 Å². The van der Waals surface area contributed by atoms with Gasteiger partial charge in [0.15, 0.2) is 0 Å². The van der Waals surface area contributed by atoms with Gasteiger partial charge in [0.1, 0.15) is 0 Å². The van der Waals surface area contributed by atoms with Crippen LogP contribution in [0.5, 0.6) is 0 Å². The molecular weight excluding hydrogens is 176 g/mol. The maximum absolute atomic E-state index is 11.4. The van der Waals surface area contributed by atoms with Crippen LogP contribution >= 0.6 is 0 Å². The van der Waals surface area contributed by atoms with E-state index in [1.165, 1.54) is 0 Å². The average molecular weight is 196 g/mol. The Balaban J connectivity index is 3.58. The van der Waals surface area contributed by atoms with Crippen molar-refractivity contribution < 1.29 is 4.79 Å². The second kappa shape index (κ2) is 7.40. The number of carbonyl (C=O) groups excluding carboxylic acids is 1. The van der Waals surface area contributed by atoms with Gasteiger partial charge in [-0.15, -0.1) is 6.42 Å². The maximum atomic E-state index is 11.4. The van der Waals surface area contributed by atoms with Gasteiger partial charge in [-0.25, -0.2) is 0 Å². The molecule has 0 bridgehead atoms. The summed E-state index contributed by atoms with van der Waals surface area (Å²) in [4.78, 5) is 11.4. The van der Waals surface area contributed by atoms with Gasteiger partial charge in [-0.1, -0.05) is 19.8 Å². The fourth-order valence-corrected chi connectivity index (χ4v) is 0.942. The second-order valence-corrected chi connectivity index (χ2v) is 3.78. The van der Waals surface area contributed by atoms with Gasteiger partial charge in [-0.3, -0.25) is 10.1 Å². The van der Waals surface area contributed by atoms with Crippen LogP contribution in [0.1, 0.15) is 27.2 Å². The molecule has 0 aliphatic rings. The first-order chi connectivity index (χ1) is 6.57. The van der Waals surface area contributed by atoms with Crippen LogP contribution in [0.4, 0.5) is 0 Å². The first kappa shape index (κ1) is 13.0. The molecule has 0 spiro atoms. The number of terminal acetylenes is 1. The normalized spacial score (nSPS) is 12.2. The molecule has 0 aliphatic heterocycles. The molecule has 3 heteroatoms. The minimum atomic E-state index is -0.210. The van der Waals surface area contributed by atoms with Crippen LogP contribution in [-0.2, 0) is 4.79 Å². The Bertz CT molecular complexity index is 206. The minimum absolute atomic E-state index is 0.0147. The van der Waals surface area contributed by atoms with Gasteiger partial charge in [-0.2, -0.15) is 0 Å². The summed E-state index contributed by atoms with van der Waals surface area (Å²) < 4.78 is 0. The van der Waals surface area contributed by atoms with E-state index in [9.17, 15) is 4.79 Å². The first-order valence-electron chi connectivity index (χ1n) is 5.02. The molecule has 0 aliphatic carbocycles. The zero-order chi connectivity index (χ0) is 11.0. The van der Waals surface area contributed by atoms with Crippen molar-refractivity contribution in [1.29, 1.82) is 0 Å². The maximum Gasteiger partial charge on any atom is 0.236 e. The predicted molar refractivity (Wildman–Crippen MR) is 58.8 cm³/mol. The second-order valence-electron chi connectivity index (χ2n) is 3.78. The summed E-state index contributed by atoms with van der Waals surface area (Å²) in [6.45, 7) is 7.23. The van der Waals surface area contributed by atoms with E-state index in [0.29, 0.717) is 12.5 Å². The monoisotopic (exact) mass is 196 g/mol. The van der Waals surface area contributed by atoms with Gasteiger partial charge in [0.2, 0.25) is 5.91 Å². The average Bonchev–Trinajstić information content (AvgIpc) is 2.13. The third-order valence-corrected chi connectivity index (χ3v) is 1.92. The molecule has 1 unspecified atom stereocenters. The lowest BCUT2D eigenvalue weighted by molar-refractivity contribution is -0.122. The summed E-state index contributed by atoms with van der Waals surface area (Å²) in [6, 6.07) is -0.210. The Morgan fingerprint density at radius 2 is 2.07 bits per heavy atom. The van der Waals surface area contributed by atoms with Gasteiger partial charge in [0.05, 0.1) is 12.6 Å². The summed E-state index contributed by atoms with van der Waals surface area (Å²) in [6.07, 6.45) is 6.08. The van der Waals surface area contributed by atoms with Gasteiger partial charge in [0.25, 0.3) is 0 Å². The van der Waals surface area contributed by atoms with E-state index >= 15 is 0 Å². The fraction of sp³-hybridized carbons (Fsp3) is 0.727. The van der Waals surface area contributed by atoms with Crippen molar-refractivity contribution in [3.8, 4) is 12.3 Å². The van der Waals surface area contributed by atoms with E-state index in [1.807, 2.05) is 6.92 Å². The molecule has 0 radical (unpaired) electrons. The molecular formula is C11H20N2O. The Labute approximate surface area is 86.6 Å². The van der Waals surface area contributed by atoms with Crippen molar-refractivity contribution in [2.24, 2.45) is 5.92 Å². The molecule has 2 N–H and O–H groups in total. The van der Waals surface area contributed by atoms with Crippen LogP contribution in [0.25, 0.3) is 0 Å². The van der Waals surface area contributed by atoms with Gasteiger partial charge < -0.3 is 5.32 Å². The van der Waals surface area contributed by atoms with Crippen LogP contribution < -0.4 is 10.6 Å². The molecule has 0 aromatic heterocycles. The van der Waals surface area contributed by atoms with E-state index in [-0.39, 0.29) is 11.9 Å². The zero-order valence-electron chi connectivity index (χ0n) is 9.26. The molecule has 0 saturated carbocycles. The van der Waals surface area contributed by atoms with E-state index in [4.69, 9.17) is 6.42 Å². The van der Waals surface area contributed by atoms with Crippen molar-refractivity contribution in [1.82, 2.24) is 10.6 Å². The standard InChI is InChI=1S/C11H20N2O/c1-5-7-12-10(4)11(14)13-8-6-9(2)3/h1,9-10,12H,6-8H2,2-4H3,(H,13,14). The van der Waals surface area contributed by atoms with Crippen LogP contribution in [-0.4, -0.2) is 25.0 Å². The van der Waals surface area contributed by atoms with E-state index in [2.05, 4.69) is 30.4 Å². The van der Waals surface area contributed by atoms with E-state index in [1.54, 1.807) is 0 Å². The van der Waals surface area contributed by atoms with Crippen molar-refractivity contribution >= 4 is 5.91 Å². The molecule has 0 heterocycles. The summed E-state index contributed by atoms with van der Waals surface area (Å²) in [5.41, 5.74) is 0. The van der Waals surface area contributed by atoms with Crippen LogP contribution in [0, 0.1) is 18.3 Å². The summed E-state index contributed by atoms with van der Waals surface area (Å²) >= 11 is 0. The lowest BCUT2D eigenvalue weighted by atomic mass is 10.1. The first-order valence-corrected chi connectivity index (χ1v) is 5.02. The zero-order valence-corrected chi connectivity index (χ0v) is 9.26. The summed E-state index contributed by atoms with van der Waals surface area (Å²) in [7, 11) is 0. The number of hydrogen-bond donors (Lipinski definition) is 2. The smallest absolute Gasteiger partial charge is 0.236 e. The number of amides is 1. The highest BCUT2D eigenvalue weighted by molar-refractivity contribution is 5.81. The van der Waals surface area contributed by atoms with E-state index < -0.39 is 0 Å². The van der Waals surface area contributed by atoms with Crippen molar-refractivity contribution in [2.45, 2.75) is 33.2 Å². The van der Waals surface area contributed by atoms with Crippen molar-refractivity contribution in [3.63, 3.8) is 0 Å². The fourth-order valence-electron chi connectivity index (χ4n) is 0.942. The Morgan fingerprint density at radius 3 is 2.57 bits per heavy atom. The van der Waals surface area contributed by atoms with Gasteiger partial charge in [-0.05, 0) is 19.3 Å². The molecule has 0 rings (SSSR count). The SMILES string of the molecule is C#CCNC(C)C(=O)NCCC(C)C. The topological polar surface area (TPSA) is 41.1 Å². The minimum Gasteiger partial charge on any atom is -0.355 e. The van der Waals surface area contributed by atoms with Crippen LogP contribution in [0.2, 0.25) is 0 Å². The quantitative estimate of drug-likeness (QED) is 0.616.